The summed E-state index contributed by atoms with van der Waals surface area (Å²) in [6.07, 6.45) is 7.41. The molecule has 4 nitrogen and oxygen atoms in total. The number of hydrogen-bond acceptors (Lipinski definition) is 3. The largest absolute Gasteiger partial charge is 0.481 e. The smallest absolute Gasteiger partial charge is 0.305 e. The summed E-state index contributed by atoms with van der Waals surface area (Å²) in [6.45, 7) is 4.20. The zero-order valence-electron chi connectivity index (χ0n) is 11.5. The molecular weight excluding hydrogens is 228 g/mol. The first-order valence-corrected chi connectivity index (χ1v) is 7.28. The maximum Gasteiger partial charge on any atom is 0.305 e. The van der Waals surface area contributed by atoms with E-state index in [9.17, 15) is 9.90 Å². The van der Waals surface area contributed by atoms with Crippen molar-refractivity contribution in [3.8, 4) is 0 Å². The molecule has 4 heteroatoms. The Hall–Kier alpha value is -0.610. The van der Waals surface area contributed by atoms with Crippen LogP contribution < -0.4 is 0 Å². The maximum atomic E-state index is 11.3. The molecule has 2 fully saturated rings. The summed E-state index contributed by atoms with van der Waals surface area (Å²) in [4.78, 5) is 16.1. The van der Waals surface area contributed by atoms with Crippen LogP contribution in [0.25, 0.3) is 0 Å². The molecule has 1 aliphatic carbocycles. The number of likely N-dealkylation sites (N-methyl/N-ethyl adjacent to an activating group) is 1. The van der Waals surface area contributed by atoms with Crippen molar-refractivity contribution < 1.29 is 9.90 Å². The van der Waals surface area contributed by atoms with Crippen LogP contribution in [-0.4, -0.2) is 59.6 Å². The quantitative estimate of drug-likeness (QED) is 0.780. The molecule has 0 bridgehead atoms. The minimum Gasteiger partial charge on any atom is -0.481 e. The summed E-state index contributed by atoms with van der Waals surface area (Å²) in [5.41, 5.74) is -0.0520. The van der Waals surface area contributed by atoms with Gasteiger partial charge < -0.3 is 10.0 Å². The first-order valence-electron chi connectivity index (χ1n) is 7.28. The van der Waals surface area contributed by atoms with Crippen LogP contribution in [-0.2, 0) is 4.79 Å². The van der Waals surface area contributed by atoms with E-state index in [2.05, 4.69) is 16.8 Å². The molecule has 0 amide bonds. The lowest BCUT2D eigenvalue weighted by atomic mass is 9.84. The molecule has 1 saturated carbocycles. The number of piperazine rings is 1. The normalized spacial score (nSPS) is 26.7. The summed E-state index contributed by atoms with van der Waals surface area (Å²) in [5, 5.41) is 9.27. The van der Waals surface area contributed by atoms with Gasteiger partial charge in [-0.1, -0.05) is 25.7 Å². The Balaban J connectivity index is 2.09. The van der Waals surface area contributed by atoms with Crippen LogP contribution >= 0.6 is 0 Å². The number of aliphatic carboxylic acids is 1. The molecule has 1 saturated heterocycles. The van der Waals surface area contributed by atoms with Gasteiger partial charge in [-0.05, 0) is 19.9 Å². The van der Waals surface area contributed by atoms with Crippen LogP contribution in [0.15, 0.2) is 0 Å². The van der Waals surface area contributed by atoms with E-state index in [0.29, 0.717) is 6.42 Å². The molecule has 1 N–H and O–H groups in total. The van der Waals surface area contributed by atoms with Crippen LogP contribution in [0.3, 0.4) is 0 Å². The maximum absolute atomic E-state index is 11.3. The summed E-state index contributed by atoms with van der Waals surface area (Å²) in [5.74, 6) is -0.629. The van der Waals surface area contributed by atoms with Gasteiger partial charge in [0.05, 0.1) is 6.42 Å². The molecule has 0 spiro atoms. The van der Waals surface area contributed by atoms with Gasteiger partial charge >= 0.3 is 5.97 Å². The predicted octanol–water partition coefficient (Wildman–Crippen LogP) is 1.80. The van der Waals surface area contributed by atoms with Gasteiger partial charge in [0.1, 0.15) is 0 Å². The van der Waals surface area contributed by atoms with E-state index >= 15 is 0 Å². The molecule has 1 aliphatic heterocycles. The van der Waals surface area contributed by atoms with Gasteiger partial charge in [0.25, 0.3) is 0 Å². The van der Waals surface area contributed by atoms with E-state index in [1.165, 1.54) is 25.7 Å². The molecule has 0 aromatic heterocycles. The number of nitrogens with zero attached hydrogens (tertiary/aromatic N) is 2. The topological polar surface area (TPSA) is 43.8 Å². The Morgan fingerprint density at radius 3 is 2.11 bits per heavy atom. The third-order valence-electron chi connectivity index (χ3n) is 4.69. The molecule has 0 unspecified atom stereocenters. The number of carbonyl (C=O) groups is 1. The average molecular weight is 254 g/mol. The number of rotatable bonds is 3. The molecule has 0 atom stereocenters. The molecular formula is C14H26N2O2. The Morgan fingerprint density at radius 1 is 1.06 bits per heavy atom. The van der Waals surface area contributed by atoms with Gasteiger partial charge in [0.15, 0.2) is 0 Å². The Morgan fingerprint density at radius 2 is 1.61 bits per heavy atom. The molecule has 2 aliphatic rings. The van der Waals surface area contributed by atoms with E-state index in [4.69, 9.17) is 0 Å². The van der Waals surface area contributed by atoms with Crippen LogP contribution in [0.2, 0.25) is 0 Å². The fourth-order valence-corrected chi connectivity index (χ4v) is 3.55. The van der Waals surface area contributed by atoms with Crippen molar-refractivity contribution in [2.75, 3.05) is 33.2 Å². The zero-order chi connectivity index (χ0) is 13.0. The number of carboxylic acid groups (broad SMARTS) is 1. The van der Waals surface area contributed by atoms with E-state index in [0.717, 1.165) is 39.0 Å². The van der Waals surface area contributed by atoms with Gasteiger partial charge in [-0.3, -0.25) is 9.69 Å². The van der Waals surface area contributed by atoms with Crippen molar-refractivity contribution in [1.82, 2.24) is 9.80 Å². The molecule has 104 valence electrons. The summed E-state index contributed by atoms with van der Waals surface area (Å²) in [6, 6.07) is 0. The minimum atomic E-state index is -0.629. The highest BCUT2D eigenvalue weighted by Crippen LogP contribution is 2.36. The fraction of sp³-hybridized carbons (Fsp3) is 0.929. The fourth-order valence-electron chi connectivity index (χ4n) is 3.55. The van der Waals surface area contributed by atoms with Crippen molar-refractivity contribution in [2.45, 2.75) is 50.5 Å². The van der Waals surface area contributed by atoms with E-state index in [1.54, 1.807) is 0 Å². The number of hydrogen-bond donors (Lipinski definition) is 1. The van der Waals surface area contributed by atoms with Crippen molar-refractivity contribution in [3.05, 3.63) is 0 Å². The predicted molar refractivity (Wildman–Crippen MR) is 71.8 cm³/mol. The lowest BCUT2D eigenvalue weighted by Gasteiger charge is -2.46. The second kappa shape index (κ2) is 6.02. The van der Waals surface area contributed by atoms with Crippen molar-refractivity contribution in [2.24, 2.45) is 0 Å². The Labute approximate surface area is 110 Å². The van der Waals surface area contributed by atoms with Crippen LogP contribution in [0.1, 0.15) is 44.9 Å². The lowest BCUT2D eigenvalue weighted by Crippen LogP contribution is -2.57. The third kappa shape index (κ3) is 3.23. The number of carboxylic acids is 1. The minimum absolute atomic E-state index is 0.0520. The standard InChI is InChI=1S/C14H26N2O2/c1-15-8-10-16(11-9-15)14(12-13(17)18)6-4-2-3-5-7-14/h2-12H2,1H3,(H,17,18). The van der Waals surface area contributed by atoms with Gasteiger partial charge in [0.2, 0.25) is 0 Å². The van der Waals surface area contributed by atoms with E-state index in [1.807, 2.05) is 0 Å². The van der Waals surface area contributed by atoms with Gasteiger partial charge in [0, 0.05) is 31.7 Å². The monoisotopic (exact) mass is 254 g/mol. The van der Waals surface area contributed by atoms with Crippen LogP contribution in [0.5, 0.6) is 0 Å². The summed E-state index contributed by atoms with van der Waals surface area (Å²) < 4.78 is 0. The van der Waals surface area contributed by atoms with E-state index < -0.39 is 5.97 Å². The molecule has 0 aromatic rings. The zero-order valence-corrected chi connectivity index (χ0v) is 11.5. The highest BCUT2D eigenvalue weighted by Gasteiger charge is 2.39. The molecule has 0 radical (unpaired) electrons. The summed E-state index contributed by atoms with van der Waals surface area (Å²) in [7, 11) is 2.15. The summed E-state index contributed by atoms with van der Waals surface area (Å²) >= 11 is 0. The highest BCUT2D eigenvalue weighted by molar-refractivity contribution is 5.68. The van der Waals surface area contributed by atoms with E-state index in [-0.39, 0.29) is 5.54 Å². The average Bonchev–Trinajstić information content (AvgIpc) is 2.55. The first-order chi connectivity index (χ1) is 8.62. The van der Waals surface area contributed by atoms with Crippen molar-refractivity contribution in [3.63, 3.8) is 0 Å². The first kappa shape index (κ1) is 13.8. The van der Waals surface area contributed by atoms with Gasteiger partial charge in [-0.25, -0.2) is 0 Å². The second-order valence-corrected chi connectivity index (χ2v) is 6.00. The lowest BCUT2D eigenvalue weighted by molar-refractivity contribution is -0.141. The van der Waals surface area contributed by atoms with Crippen LogP contribution in [0, 0.1) is 0 Å². The molecule has 0 aromatic carbocycles. The molecule has 1 heterocycles. The van der Waals surface area contributed by atoms with Gasteiger partial charge in [-0.15, -0.1) is 0 Å². The Kier molecular flexibility index (Phi) is 4.62. The van der Waals surface area contributed by atoms with Crippen LogP contribution in [0.4, 0.5) is 0 Å². The van der Waals surface area contributed by atoms with Gasteiger partial charge in [-0.2, -0.15) is 0 Å². The molecule has 2 rings (SSSR count). The molecule has 18 heavy (non-hydrogen) atoms. The van der Waals surface area contributed by atoms with Crippen molar-refractivity contribution in [1.29, 1.82) is 0 Å². The third-order valence-corrected chi connectivity index (χ3v) is 4.69. The second-order valence-electron chi connectivity index (χ2n) is 6.00. The Bertz CT molecular complexity index is 278. The van der Waals surface area contributed by atoms with Crippen molar-refractivity contribution >= 4 is 5.97 Å². The SMILES string of the molecule is CN1CCN(C2(CC(=O)O)CCCCCC2)CC1. The highest BCUT2D eigenvalue weighted by atomic mass is 16.4.